The summed E-state index contributed by atoms with van der Waals surface area (Å²) in [6.45, 7) is 3.90. The molecule has 0 saturated carbocycles. The maximum Gasteiger partial charge on any atom is 0.341 e. The summed E-state index contributed by atoms with van der Waals surface area (Å²) in [6, 6.07) is 27.0. The van der Waals surface area contributed by atoms with Gasteiger partial charge in [0.1, 0.15) is 10.8 Å². The number of amides is 2. The minimum Gasteiger partial charge on any atom is -0.484 e. The van der Waals surface area contributed by atoms with Gasteiger partial charge in [0, 0.05) is 15.5 Å². The average Bonchev–Trinajstić information content (AvgIpc) is 3.41. The number of ether oxygens (including phenoxy) is 2. The van der Waals surface area contributed by atoms with Gasteiger partial charge in [0.2, 0.25) is 5.91 Å². The molecule has 1 heterocycles. The summed E-state index contributed by atoms with van der Waals surface area (Å²) in [4.78, 5) is 41.1. The van der Waals surface area contributed by atoms with Crippen molar-refractivity contribution in [3.63, 3.8) is 0 Å². The molecule has 1 aliphatic carbocycles. The van der Waals surface area contributed by atoms with E-state index in [0.717, 1.165) is 34.6 Å². The zero-order valence-corrected chi connectivity index (χ0v) is 26.5. The predicted molar refractivity (Wildman–Crippen MR) is 177 cm³/mol. The fourth-order valence-electron chi connectivity index (χ4n) is 5.29. The maximum atomic E-state index is 13.6. The van der Waals surface area contributed by atoms with Gasteiger partial charge in [-0.3, -0.25) is 9.59 Å². The van der Waals surface area contributed by atoms with Crippen LogP contribution in [0.15, 0.2) is 89.8 Å². The number of benzene rings is 3. The lowest BCUT2D eigenvalue weighted by atomic mass is 9.83. The number of thioether (sulfide) groups is 1. The van der Waals surface area contributed by atoms with Gasteiger partial charge < -0.3 is 20.1 Å². The first-order valence-electron chi connectivity index (χ1n) is 14.9. The van der Waals surface area contributed by atoms with Crippen LogP contribution in [0.5, 0.6) is 5.75 Å². The molecule has 0 radical (unpaired) electrons. The maximum absolute atomic E-state index is 13.6. The van der Waals surface area contributed by atoms with Gasteiger partial charge in [-0.05, 0) is 80.0 Å². The molecule has 4 aromatic rings. The van der Waals surface area contributed by atoms with Crippen molar-refractivity contribution in [1.82, 2.24) is 0 Å². The van der Waals surface area contributed by atoms with E-state index in [-0.39, 0.29) is 31.0 Å². The highest BCUT2D eigenvalue weighted by atomic mass is 32.2. The molecule has 9 heteroatoms. The molecule has 2 unspecified atom stereocenters. The fraction of sp³-hybridized carbons (Fsp3) is 0.286. The second kappa shape index (κ2) is 15.1. The van der Waals surface area contributed by atoms with E-state index in [1.165, 1.54) is 28.7 Å². The lowest BCUT2D eigenvalue weighted by Crippen LogP contribution is -2.25. The molecule has 2 amide bonds. The van der Waals surface area contributed by atoms with Crippen molar-refractivity contribution in [3.8, 4) is 5.75 Å². The van der Waals surface area contributed by atoms with Gasteiger partial charge in [-0.15, -0.1) is 23.1 Å². The van der Waals surface area contributed by atoms with Crippen LogP contribution in [0.3, 0.4) is 0 Å². The van der Waals surface area contributed by atoms with E-state index in [1.54, 1.807) is 25.1 Å². The van der Waals surface area contributed by atoms with Crippen LogP contribution in [-0.4, -0.2) is 36.2 Å². The van der Waals surface area contributed by atoms with Crippen LogP contribution in [0.1, 0.15) is 59.0 Å². The number of anilines is 2. The van der Waals surface area contributed by atoms with Crippen molar-refractivity contribution in [2.45, 2.75) is 55.6 Å². The van der Waals surface area contributed by atoms with Gasteiger partial charge in [-0.2, -0.15) is 0 Å². The first-order chi connectivity index (χ1) is 21.4. The molecule has 0 bridgehead atoms. The van der Waals surface area contributed by atoms with Gasteiger partial charge >= 0.3 is 5.97 Å². The minimum absolute atomic E-state index is 0.110. The smallest absolute Gasteiger partial charge is 0.341 e. The van der Waals surface area contributed by atoms with Crippen LogP contribution in [0.2, 0.25) is 0 Å². The molecule has 2 N–H and O–H groups in total. The van der Waals surface area contributed by atoms with Crippen molar-refractivity contribution in [3.05, 3.63) is 106 Å². The van der Waals surface area contributed by atoms with Crippen LogP contribution < -0.4 is 15.4 Å². The molecule has 0 spiro atoms. The zero-order valence-electron chi connectivity index (χ0n) is 24.8. The molecule has 3 aromatic carbocycles. The Labute approximate surface area is 266 Å². The highest BCUT2D eigenvalue weighted by molar-refractivity contribution is 8.00. The Morgan fingerprint density at radius 2 is 1.70 bits per heavy atom. The Kier molecular flexibility index (Phi) is 10.7. The quantitative estimate of drug-likeness (QED) is 0.123. The lowest BCUT2D eigenvalue weighted by Gasteiger charge is -2.23. The van der Waals surface area contributed by atoms with E-state index in [1.807, 2.05) is 49.4 Å². The van der Waals surface area contributed by atoms with Crippen LogP contribution >= 0.6 is 23.1 Å². The van der Waals surface area contributed by atoms with Crippen molar-refractivity contribution in [2.75, 3.05) is 23.8 Å². The molecule has 5 rings (SSSR count). The van der Waals surface area contributed by atoms with Crippen molar-refractivity contribution < 1.29 is 23.9 Å². The number of esters is 1. The highest BCUT2D eigenvalue weighted by Crippen LogP contribution is 2.43. The SMILES string of the molecule is CCOC(=O)c1c(NC(=O)C(CC)Sc2cccc(NC(=O)COc3ccccc3)c2)sc2c1CCC(c1ccccc1)C2. The lowest BCUT2D eigenvalue weighted by molar-refractivity contribution is -0.118. The first kappa shape index (κ1) is 31.3. The Hall–Kier alpha value is -4.08. The summed E-state index contributed by atoms with van der Waals surface area (Å²) in [5.74, 6) is 0.157. The van der Waals surface area contributed by atoms with Gasteiger partial charge in [0.25, 0.3) is 5.91 Å². The number of nitrogens with one attached hydrogen (secondary N) is 2. The fourth-order valence-corrected chi connectivity index (χ4v) is 7.62. The Balaban J connectivity index is 1.26. The molecule has 0 saturated heterocycles. The van der Waals surface area contributed by atoms with Crippen LogP contribution in [0, 0.1) is 0 Å². The van der Waals surface area contributed by atoms with E-state index in [4.69, 9.17) is 9.47 Å². The number of para-hydroxylation sites is 1. The van der Waals surface area contributed by atoms with Crippen molar-refractivity contribution >= 4 is 51.6 Å². The molecule has 0 fully saturated rings. The largest absolute Gasteiger partial charge is 0.484 e. The standard InChI is InChI=1S/C35H36N2O5S2/c1-3-29(43-27-17-11-14-25(21-27)36-31(38)22-42-26-15-9-6-10-16-26)33(39)37-34-32(35(40)41-4-2)28-19-18-24(20-30(28)44-34)23-12-7-5-8-13-23/h5-17,21,24,29H,3-4,18-20,22H2,1-2H3,(H,36,38)(H,37,39). The molecule has 0 aliphatic heterocycles. The molecule has 228 valence electrons. The molecule has 7 nitrogen and oxygen atoms in total. The molecule has 1 aromatic heterocycles. The summed E-state index contributed by atoms with van der Waals surface area (Å²) in [7, 11) is 0. The van der Waals surface area contributed by atoms with E-state index < -0.39 is 5.25 Å². The number of fused-ring (bicyclic) bond motifs is 1. The number of thiophene rings is 1. The van der Waals surface area contributed by atoms with Crippen LogP contribution in [-0.2, 0) is 27.2 Å². The Morgan fingerprint density at radius 3 is 2.43 bits per heavy atom. The van der Waals surface area contributed by atoms with Crippen molar-refractivity contribution in [2.24, 2.45) is 0 Å². The first-order valence-corrected chi connectivity index (χ1v) is 16.6. The van der Waals surface area contributed by atoms with Crippen molar-refractivity contribution in [1.29, 1.82) is 0 Å². The zero-order chi connectivity index (χ0) is 30.9. The number of carbonyl (C=O) groups is 3. The van der Waals surface area contributed by atoms with Gasteiger partial charge in [-0.1, -0.05) is 61.5 Å². The van der Waals surface area contributed by atoms with Crippen LogP contribution in [0.25, 0.3) is 0 Å². The number of rotatable bonds is 12. The number of carbonyl (C=O) groups excluding carboxylic acids is 3. The summed E-state index contributed by atoms with van der Waals surface area (Å²) < 4.78 is 11.0. The van der Waals surface area contributed by atoms with E-state index in [0.29, 0.717) is 34.3 Å². The minimum atomic E-state index is -0.409. The van der Waals surface area contributed by atoms with E-state index in [9.17, 15) is 14.4 Å². The third-order valence-electron chi connectivity index (χ3n) is 7.43. The Bertz CT molecular complexity index is 1590. The summed E-state index contributed by atoms with van der Waals surface area (Å²) in [5.41, 5.74) is 3.40. The average molecular weight is 629 g/mol. The van der Waals surface area contributed by atoms with Gasteiger partial charge in [-0.25, -0.2) is 4.79 Å². The molecular formula is C35H36N2O5S2. The highest BCUT2D eigenvalue weighted by Gasteiger charge is 2.32. The summed E-state index contributed by atoms with van der Waals surface area (Å²) >= 11 is 2.91. The van der Waals surface area contributed by atoms with E-state index >= 15 is 0 Å². The van der Waals surface area contributed by atoms with Crippen LogP contribution in [0.4, 0.5) is 10.7 Å². The normalized spacial score (nSPS) is 14.6. The monoisotopic (exact) mass is 628 g/mol. The predicted octanol–water partition coefficient (Wildman–Crippen LogP) is 7.72. The third-order valence-corrected chi connectivity index (χ3v) is 9.95. The molecular weight excluding hydrogens is 593 g/mol. The molecule has 1 aliphatic rings. The molecule has 44 heavy (non-hydrogen) atoms. The van der Waals surface area contributed by atoms with Gasteiger partial charge in [0.15, 0.2) is 6.61 Å². The van der Waals surface area contributed by atoms with E-state index in [2.05, 4.69) is 34.9 Å². The number of hydrogen-bond acceptors (Lipinski definition) is 7. The molecule has 2 atom stereocenters. The second-order valence-electron chi connectivity index (χ2n) is 10.5. The second-order valence-corrected chi connectivity index (χ2v) is 12.8. The topological polar surface area (TPSA) is 93.7 Å². The van der Waals surface area contributed by atoms with Gasteiger partial charge in [0.05, 0.1) is 17.4 Å². The Morgan fingerprint density at radius 1 is 0.955 bits per heavy atom. The third kappa shape index (κ3) is 7.89. The summed E-state index contributed by atoms with van der Waals surface area (Å²) in [6.07, 6.45) is 3.10. The number of hydrogen-bond donors (Lipinski definition) is 2. The summed E-state index contributed by atoms with van der Waals surface area (Å²) in [5, 5.41) is 6.10.